The lowest BCUT2D eigenvalue weighted by atomic mass is 10.0. The number of nitrogens with one attached hydrogen (secondary N) is 1. The third-order valence-electron chi connectivity index (χ3n) is 4.37. The first-order valence-electron chi connectivity index (χ1n) is 7.98. The zero-order valence-corrected chi connectivity index (χ0v) is 14.9. The number of carbonyl (C=O) groups is 1. The third kappa shape index (κ3) is 5.35. The smallest absolute Gasteiger partial charge is 0.234 e. The highest BCUT2D eigenvalue weighted by Crippen LogP contribution is 2.20. The minimum absolute atomic E-state index is 0.0901. The Morgan fingerprint density at radius 2 is 2.22 bits per heavy atom. The van der Waals surface area contributed by atoms with Crippen molar-refractivity contribution < 1.29 is 17.6 Å². The van der Waals surface area contributed by atoms with E-state index in [0.717, 1.165) is 12.2 Å². The van der Waals surface area contributed by atoms with Gasteiger partial charge in [-0.2, -0.15) is 0 Å². The van der Waals surface area contributed by atoms with Crippen LogP contribution in [-0.4, -0.2) is 48.9 Å². The minimum atomic E-state index is -3.00. The zero-order valence-electron chi connectivity index (χ0n) is 14.0. The summed E-state index contributed by atoms with van der Waals surface area (Å²) in [4.78, 5) is 14.2. The van der Waals surface area contributed by atoms with Crippen molar-refractivity contribution in [3.63, 3.8) is 0 Å². The van der Waals surface area contributed by atoms with Crippen LogP contribution in [0, 0.1) is 0 Å². The van der Waals surface area contributed by atoms with Gasteiger partial charge in [0.05, 0.1) is 30.9 Å². The fraction of sp³-hybridized carbons (Fsp3) is 0.688. The van der Waals surface area contributed by atoms with E-state index in [2.05, 4.69) is 5.32 Å². The number of hydrogen-bond acceptors (Lipinski definition) is 5. The van der Waals surface area contributed by atoms with E-state index >= 15 is 0 Å². The summed E-state index contributed by atoms with van der Waals surface area (Å²) in [5.41, 5.74) is -0.269. The fourth-order valence-corrected chi connectivity index (χ4v) is 4.43. The highest BCUT2D eigenvalue weighted by Gasteiger charge is 2.34. The molecule has 130 valence electrons. The summed E-state index contributed by atoms with van der Waals surface area (Å²) in [7, 11) is -3.00. The lowest BCUT2D eigenvalue weighted by Gasteiger charge is -2.30. The van der Waals surface area contributed by atoms with Crippen LogP contribution in [0.4, 0.5) is 0 Å². The average molecular weight is 342 g/mol. The van der Waals surface area contributed by atoms with Gasteiger partial charge in [-0.15, -0.1) is 0 Å². The second-order valence-electron chi connectivity index (χ2n) is 6.83. The largest absolute Gasteiger partial charge is 0.468 e. The first-order valence-corrected chi connectivity index (χ1v) is 9.81. The summed E-state index contributed by atoms with van der Waals surface area (Å²) in [6.45, 7) is 6.57. The molecule has 1 N–H and O–H groups in total. The van der Waals surface area contributed by atoms with Gasteiger partial charge < -0.3 is 9.73 Å². The summed E-state index contributed by atoms with van der Waals surface area (Å²) in [5, 5.41) is 3.00. The molecule has 2 heterocycles. The van der Waals surface area contributed by atoms with E-state index in [9.17, 15) is 13.2 Å². The number of rotatable bonds is 7. The Balaban J connectivity index is 2.06. The molecule has 1 unspecified atom stereocenters. The summed E-state index contributed by atoms with van der Waals surface area (Å²) >= 11 is 0. The Bertz CT molecular complexity index is 623. The molecule has 1 aromatic rings. The summed E-state index contributed by atoms with van der Waals surface area (Å²) in [5.74, 6) is 0.941. The van der Waals surface area contributed by atoms with Crippen molar-refractivity contribution >= 4 is 15.7 Å². The number of amides is 1. The van der Waals surface area contributed by atoms with E-state index < -0.39 is 9.84 Å². The van der Waals surface area contributed by atoms with Gasteiger partial charge in [0.2, 0.25) is 5.91 Å². The number of carbonyl (C=O) groups excluding carboxylic acids is 1. The number of nitrogens with zero attached hydrogens (tertiary/aromatic N) is 1. The molecule has 7 heteroatoms. The van der Waals surface area contributed by atoms with Crippen molar-refractivity contribution in [2.75, 3.05) is 18.1 Å². The molecule has 1 atom stereocenters. The average Bonchev–Trinajstić information content (AvgIpc) is 3.06. The molecule has 6 nitrogen and oxygen atoms in total. The van der Waals surface area contributed by atoms with Gasteiger partial charge in [-0.1, -0.05) is 6.92 Å². The van der Waals surface area contributed by atoms with Crippen LogP contribution < -0.4 is 5.32 Å². The van der Waals surface area contributed by atoms with Crippen LogP contribution in [0.2, 0.25) is 0 Å². The van der Waals surface area contributed by atoms with Crippen LogP contribution in [0.1, 0.15) is 39.4 Å². The SMILES string of the molecule is CCC(C)(C)NC(=O)CN(Cc1ccco1)C1CCS(=O)(=O)C1. The fourth-order valence-electron chi connectivity index (χ4n) is 2.67. The molecule has 0 radical (unpaired) electrons. The Kier molecular flexibility index (Phi) is 5.52. The standard InChI is InChI=1S/C16H26N2O4S/c1-4-16(2,3)17-15(19)11-18(10-14-6-5-8-22-14)13-7-9-23(20,21)12-13/h5-6,8,13H,4,7,9-12H2,1-3H3,(H,17,19). The van der Waals surface area contributed by atoms with Gasteiger partial charge in [-0.25, -0.2) is 8.42 Å². The van der Waals surface area contributed by atoms with Crippen molar-refractivity contribution in [3.05, 3.63) is 24.2 Å². The van der Waals surface area contributed by atoms with E-state index in [1.807, 2.05) is 31.7 Å². The molecule has 1 saturated heterocycles. The van der Waals surface area contributed by atoms with Crippen LogP contribution >= 0.6 is 0 Å². The highest BCUT2D eigenvalue weighted by molar-refractivity contribution is 7.91. The molecule has 1 aromatic heterocycles. The molecule has 0 spiro atoms. The summed E-state index contributed by atoms with van der Waals surface area (Å²) in [6.07, 6.45) is 2.97. The molecule has 0 aliphatic carbocycles. The maximum Gasteiger partial charge on any atom is 0.234 e. The predicted molar refractivity (Wildman–Crippen MR) is 88.7 cm³/mol. The molecule has 0 saturated carbocycles. The first-order chi connectivity index (χ1) is 10.7. The van der Waals surface area contributed by atoms with Crippen molar-refractivity contribution in [3.8, 4) is 0 Å². The van der Waals surface area contributed by atoms with E-state index in [4.69, 9.17) is 4.42 Å². The quantitative estimate of drug-likeness (QED) is 0.814. The second-order valence-corrected chi connectivity index (χ2v) is 9.06. The summed E-state index contributed by atoms with van der Waals surface area (Å²) < 4.78 is 28.9. The maximum absolute atomic E-state index is 12.3. The number of hydrogen-bond donors (Lipinski definition) is 1. The van der Waals surface area contributed by atoms with Crippen LogP contribution in [-0.2, 0) is 21.2 Å². The van der Waals surface area contributed by atoms with Crippen molar-refractivity contribution in [2.45, 2.75) is 51.7 Å². The highest BCUT2D eigenvalue weighted by atomic mass is 32.2. The van der Waals surface area contributed by atoms with E-state index in [1.54, 1.807) is 12.3 Å². The molecule has 0 aromatic carbocycles. The lowest BCUT2D eigenvalue weighted by molar-refractivity contribution is -0.124. The van der Waals surface area contributed by atoms with Crippen LogP contribution in [0.5, 0.6) is 0 Å². The topological polar surface area (TPSA) is 79.6 Å². The zero-order chi connectivity index (χ0) is 17.1. The van der Waals surface area contributed by atoms with E-state index in [0.29, 0.717) is 13.0 Å². The maximum atomic E-state index is 12.3. The van der Waals surface area contributed by atoms with Crippen LogP contribution in [0.25, 0.3) is 0 Å². The number of sulfone groups is 1. The monoisotopic (exact) mass is 342 g/mol. The van der Waals surface area contributed by atoms with Gasteiger partial charge in [0.15, 0.2) is 9.84 Å². The van der Waals surface area contributed by atoms with Crippen LogP contribution in [0.15, 0.2) is 22.8 Å². The molecular formula is C16H26N2O4S. The van der Waals surface area contributed by atoms with Crippen molar-refractivity contribution in [2.24, 2.45) is 0 Å². The predicted octanol–water partition coefficient (Wildman–Crippen LogP) is 1.57. The van der Waals surface area contributed by atoms with Gasteiger partial charge in [0.25, 0.3) is 0 Å². The van der Waals surface area contributed by atoms with Gasteiger partial charge in [0.1, 0.15) is 5.76 Å². The Morgan fingerprint density at radius 1 is 1.48 bits per heavy atom. The normalized spacial score (nSPS) is 20.8. The van der Waals surface area contributed by atoms with Gasteiger partial charge in [-0.05, 0) is 38.8 Å². The molecule has 1 amide bonds. The first kappa shape index (κ1) is 18.0. The van der Waals surface area contributed by atoms with Crippen LogP contribution in [0.3, 0.4) is 0 Å². The minimum Gasteiger partial charge on any atom is -0.468 e. The van der Waals surface area contributed by atoms with E-state index in [1.165, 1.54) is 0 Å². The molecule has 1 fully saturated rings. The molecule has 1 aliphatic rings. The second kappa shape index (κ2) is 7.05. The molecule has 23 heavy (non-hydrogen) atoms. The van der Waals surface area contributed by atoms with Gasteiger partial charge in [-0.3, -0.25) is 9.69 Å². The van der Waals surface area contributed by atoms with Gasteiger partial charge in [0, 0.05) is 11.6 Å². The third-order valence-corrected chi connectivity index (χ3v) is 6.12. The number of furan rings is 1. The van der Waals surface area contributed by atoms with Crippen molar-refractivity contribution in [1.29, 1.82) is 0 Å². The van der Waals surface area contributed by atoms with E-state index in [-0.39, 0.29) is 35.5 Å². The Morgan fingerprint density at radius 3 is 2.74 bits per heavy atom. The van der Waals surface area contributed by atoms with Gasteiger partial charge >= 0.3 is 0 Å². The molecular weight excluding hydrogens is 316 g/mol. The Hall–Kier alpha value is -1.34. The Labute approximate surface area is 138 Å². The van der Waals surface area contributed by atoms with Crippen molar-refractivity contribution in [1.82, 2.24) is 10.2 Å². The molecule has 0 bridgehead atoms. The lowest BCUT2D eigenvalue weighted by Crippen LogP contribution is -2.49. The molecule has 2 rings (SSSR count). The molecule has 1 aliphatic heterocycles. The summed E-state index contributed by atoms with van der Waals surface area (Å²) in [6, 6.07) is 3.49.